The zero-order chi connectivity index (χ0) is 14.9. The summed E-state index contributed by atoms with van der Waals surface area (Å²) in [6.07, 6.45) is 0. The van der Waals surface area contributed by atoms with Gasteiger partial charge in [-0.3, -0.25) is 0 Å². The van der Waals surface area contributed by atoms with Crippen LogP contribution in [-0.4, -0.2) is 30.3 Å². The van der Waals surface area contributed by atoms with Gasteiger partial charge in [0, 0.05) is 30.1 Å². The predicted octanol–water partition coefficient (Wildman–Crippen LogP) is 2.88. The van der Waals surface area contributed by atoms with Crippen LogP contribution in [0.15, 0.2) is 30.3 Å². The van der Waals surface area contributed by atoms with Crippen LogP contribution in [0.2, 0.25) is 0 Å². The third-order valence-electron chi connectivity index (χ3n) is 3.61. The third-order valence-corrected chi connectivity index (χ3v) is 4.75. The van der Waals surface area contributed by atoms with Gasteiger partial charge in [-0.05, 0) is 13.8 Å². The van der Waals surface area contributed by atoms with Gasteiger partial charge in [-0.15, -0.1) is 0 Å². The highest BCUT2D eigenvalue weighted by atomic mass is 32.1. The van der Waals surface area contributed by atoms with Crippen LogP contribution in [0.3, 0.4) is 0 Å². The van der Waals surface area contributed by atoms with E-state index in [0.29, 0.717) is 6.54 Å². The Labute approximate surface area is 129 Å². The second kappa shape index (κ2) is 5.75. The van der Waals surface area contributed by atoms with Gasteiger partial charge in [0.15, 0.2) is 5.13 Å². The molecule has 3 rings (SSSR count). The molecule has 2 aromatic rings. The molecule has 0 aliphatic carbocycles. The Morgan fingerprint density at radius 1 is 1.33 bits per heavy atom. The van der Waals surface area contributed by atoms with Gasteiger partial charge in [-0.25, -0.2) is 4.98 Å². The maximum Gasteiger partial charge on any atom is 0.186 e. The van der Waals surface area contributed by atoms with Crippen LogP contribution in [0.25, 0.3) is 11.3 Å². The molecule has 0 amide bonds. The van der Waals surface area contributed by atoms with E-state index in [1.165, 1.54) is 0 Å². The van der Waals surface area contributed by atoms with Gasteiger partial charge in [0.25, 0.3) is 0 Å². The largest absolute Gasteiger partial charge is 0.372 e. The summed E-state index contributed by atoms with van der Waals surface area (Å²) in [6, 6.07) is 10.3. The lowest BCUT2D eigenvalue weighted by Gasteiger charge is -2.38. The normalized spacial score (nSPS) is 18.0. The minimum atomic E-state index is -0.125. The van der Waals surface area contributed by atoms with E-state index in [2.05, 4.69) is 30.9 Å². The van der Waals surface area contributed by atoms with Crippen molar-refractivity contribution in [2.24, 2.45) is 5.73 Å². The van der Waals surface area contributed by atoms with Crippen molar-refractivity contribution in [3.05, 3.63) is 35.2 Å². The molecule has 1 aromatic heterocycles. The first kappa shape index (κ1) is 14.5. The highest BCUT2D eigenvalue weighted by Gasteiger charge is 2.29. The van der Waals surface area contributed by atoms with Crippen LogP contribution < -0.4 is 10.6 Å². The first-order valence-corrected chi connectivity index (χ1v) is 8.05. The lowest BCUT2D eigenvalue weighted by Crippen LogP contribution is -2.48. The van der Waals surface area contributed by atoms with Crippen molar-refractivity contribution in [2.75, 3.05) is 24.6 Å². The Morgan fingerprint density at radius 3 is 2.76 bits per heavy atom. The number of hydrogen-bond acceptors (Lipinski definition) is 5. The zero-order valence-electron chi connectivity index (χ0n) is 12.5. The Hall–Kier alpha value is -1.43. The molecule has 0 unspecified atom stereocenters. The van der Waals surface area contributed by atoms with E-state index in [0.717, 1.165) is 41.0 Å². The first-order valence-electron chi connectivity index (χ1n) is 7.23. The number of morpholine rings is 1. The van der Waals surface area contributed by atoms with Gasteiger partial charge >= 0.3 is 0 Å². The molecule has 2 heterocycles. The molecular weight excluding hydrogens is 282 g/mol. The Balaban J connectivity index is 1.93. The fraction of sp³-hybridized carbons (Fsp3) is 0.438. The molecule has 1 aliphatic heterocycles. The van der Waals surface area contributed by atoms with Crippen LogP contribution in [0.1, 0.15) is 18.7 Å². The van der Waals surface area contributed by atoms with Gasteiger partial charge in [0.05, 0.1) is 17.9 Å². The molecule has 21 heavy (non-hydrogen) atoms. The molecule has 5 heteroatoms. The van der Waals surface area contributed by atoms with Crippen molar-refractivity contribution < 1.29 is 4.74 Å². The standard InChI is InChI=1S/C16H21N3OS/c1-16(2)11-19(8-9-20-16)15-18-14(13(10-17)21-15)12-6-4-3-5-7-12/h3-7H,8-11,17H2,1-2H3. The number of hydrogen-bond donors (Lipinski definition) is 1. The maximum atomic E-state index is 5.91. The first-order chi connectivity index (χ1) is 10.1. The molecule has 112 valence electrons. The van der Waals surface area contributed by atoms with Crippen LogP contribution in [-0.2, 0) is 11.3 Å². The van der Waals surface area contributed by atoms with Gasteiger partial charge in [0.2, 0.25) is 0 Å². The molecule has 0 spiro atoms. The number of thiazole rings is 1. The van der Waals surface area contributed by atoms with E-state index in [4.69, 9.17) is 15.5 Å². The van der Waals surface area contributed by atoms with Gasteiger partial charge in [0.1, 0.15) is 0 Å². The number of anilines is 1. The molecule has 0 bridgehead atoms. The molecule has 1 fully saturated rings. The highest BCUT2D eigenvalue weighted by Crippen LogP contribution is 2.34. The lowest BCUT2D eigenvalue weighted by molar-refractivity contribution is -0.0276. The molecule has 0 atom stereocenters. The number of nitrogens with two attached hydrogens (primary N) is 1. The number of ether oxygens (including phenoxy) is 1. The minimum Gasteiger partial charge on any atom is -0.372 e. The van der Waals surface area contributed by atoms with Crippen molar-refractivity contribution in [2.45, 2.75) is 26.0 Å². The van der Waals surface area contributed by atoms with E-state index in [1.54, 1.807) is 11.3 Å². The van der Waals surface area contributed by atoms with Gasteiger partial charge in [-0.2, -0.15) is 0 Å². The van der Waals surface area contributed by atoms with Crippen molar-refractivity contribution in [1.82, 2.24) is 4.98 Å². The lowest BCUT2D eigenvalue weighted by atomic mass is 10.1. The smallest absolute Gasteiger partial charge is 0.186 e. The van der Waals surface area contributed by atoms with Crippen LogP contribution >= 0.6 is 11.3 Å². The summed E-state index contributed by atoms with van der Waals surface area (Å²) in [5.74, 6) is 0. The van der Waals surface area contributed by atoms with E-state index in [-0.39, 0.29) is 5.60 Å². The summed E-state index contributed by atoms with van der Waals surface area (Å²) in [7, 11) is 0. The summed E-state index contributed by atoms with van der Waals surface area (Å²) in [6.45, 7) is 7.25. The highest BCUT2D eigenvalue weighted by molar-refractivity contribution is 7.16. The molecule has 1 aliphatic rings. The second-order valence-corrected chi connectivity index (χ2v) is 6.93. The average molecular weight is 303 g/mol. The summed E-state index contributed by atoms with van der Waals surface area (Å²) < 4.78 is 5.78. The zero-order valence-corrected chi connectivity index (χ0v) is 13.3. The Kier molecular flexibility index (Phi) is 3.97. The number of benzene rings is 1. The molecule has 2 N–H and O–H groups in total. The Bertz CT molecular complexity index is 609. The van der Waals surface area contributed by atoms with E-state index >= 15 is 0 Å². The summed E-state index contributed by atoms with van der Waals surface area (Å²) in [5, 5.41) is 1.05. The second-order valence-electron chi connectivity index (χ2n) is 5.87. The fourth-order valence-corrected chi connectivity index (χ4v) is 3.60. The number of rotatable bonds is 3. The number of nitrogens with zero attached hydrogens (tertiary/aromatic N) is 2. The molecule has 4 nitrogen and oxygen atoms in total. The summed E-state index contributed by atoms with van der Waals surface area (Å²) in [5.41, 5.74) is 7.93. The van der Waals surface area contributed by atoms with Crippen molar-refractivity contribution in [3.63, 3.8) is 0 Å². The monoisotopic (exact) mass is 303 g/mol. The van der Waals surface area contributed by atoms with E-state index in [9.17, 15) is 0 Å². The molecule has 1 aromatic carbocycles. The van der Waals surface area contributed by atoms with Crippen LogP contribution in [0, 0.1) is 0 Å². The molecule has 0 saturated carbocycles. The van der Waals surface area contributed by atoms with Crippen LogP contribution in [0.4, 0.5) is 5.13 Å². The summed E-state index contributed by atoms with van der Waals surface area (Å²) in [4.78, 5) is 8.29. The van der Waals surface area contributed by atoms with Gasteiger partial charge < -0.3 is 15.4 Å². The maximum absolute atomic E-state index is 5.91. The van der Waals surface area contributed by atoms with Crippen LogP contribution in [0.5, 0.6) is 0 Å². The average Bonchev–Trinajstić information content (AvgIpc) is 2.91. The quantitative estimate of drug-likeness (QED) is 0.947. The fourth-order valence-electron chi connectivity index (χ4n) is 2.61. The van der Waals surface area contributed by atoms with Crippen molar-refractivity contribution in [1.29, 1.82) is 0 Å². The van der Waals surface area contributed by atoms with E-state index in [1.807, 2.05) is 18.2 Å². The molecular formula is C16H21N3OS. The molecule has 1 saturated heterocycles. The molecule has 0 radical (unpaired) electrons. The predicted molar refractivity (Wildman–Crippen MR) is 87.7 cm³/mol. The number of aromatic nitrogens is 1. The summed E-state index contributed by atoms with van der Waals surface area (Å²) >= 11 is 1.70. The van der Waals surface area contributed by atoms with Crippen molar-refractivity contribution in [3.8, 4) is 11.3 Å². The SMILES string of the molecule is CC1(C)CN(c2nc(-c3ccccc3)c(CN)s2)CCO1. The third kappa shape index (κ3) is 3.10. The van der Waals surface area contributed by atoms with E-state index < -0.39 is 0 Å². The topological polar surface area (TPSA) is 51.4 Å². The van der Waals surface area contributed by atoms with Gasteiger partial charge in [-0.1, -0.05) is 41.7 Å². The minimum absolute atomic E-state index is 0.125. The van der Waals surface area contributed by atoms with Crippen molar-refractivity contribution >= 4 is 16.5 Å². The Morgan fingerprint density at radius 2 is 2.10 bits per heavy atom.